The fraction of sp³-hybridized carbons (Fsp3) is 0.267. The van der Waals surface area contributed by atoms with E-state index in [0.717, 1.165) is 23.1 Å². The first-order valence-electron chi connectivity index (χ1n) is 7.10. The number of nitrogens with one attached hydrogen (secondary N) is 1. The van der Waals surface area contributed by atoms with E-state index in [4.69, 9.17) is 11.6 Å². The summed E-state index contributed by atoms with van der Waals surface area (Å²) in [6.45, 7) is 0.489. The van der Waals surface area contributed by atoms with Gasteiger partial charge in [0.2, 0.25) is 5.28 Å². The van der Waals surface area contributed by atoms with Crippen LogP contribution in [0.5, 0.6) is 0 Å². The van der Waals surface area contributed by atoms with Crippen molar-refractivity contribution in [1.82, 2.24) is 19.7 Å². The molecule has 0 saturated heterocycles. The molecule has 24 heavy (non-hydrogen) atoms. The second-order valence-corrected chi connectivity index (χ2v) is 5.56. The Morgan fingerprint density at radius 1 is 1.17 bits per heavy atom. The van der Waals surface area contributed by atoms with Crippen LogP contribution in [0, 0.1) is 0 Å². The quantitative estimate of drug-likeness (QED) is 0.725. The molecular weight excluding hydrogens is 343 g/mol. The molecular formula is C15H13ClF3N5. The summed E-state index contributed by atoms with van der Waals surface area (Å²) in [7, 11) is 1.75. The molecule has 0 spiro atoms. The van der Waals surface area contributed by atoms with Crippen LogP contribution in [0.25, 0.3) is 11.0 Å². The summed E-state index contributed by atoms with van der Waals surface area (Å²) < 4.78 is 39.2. The van der Waals surface area contributed by atoms with E-state index in [1.54, 1.807) is 17.9 Å². The van der Waals surface area contributed by atoms with E-state index < -0.39 is 11.7 Å². The third-order valence-corrected chi connectivity index (χ3v) is 3.72. The molecule has 3 aromatic rings. The van der Waals surface area contributed by atoms with Crippen molar-refractivity contribution < 1.29 is 13.2 Å². The molecule has 0 aliphatic carbocycles. The summed E-state index contributed by atoms with van der Waals surface area (Å²) in [6, 6.07) is 5.10. The number of halogens is 4. The first-order chi connectivity index (χ1) is 11.3. The lowest BCUT2D eigenvalue weighted by Crippen LogP contribution is -2.08. The summed E-state index contributed by atoms with van der Waals surface area (Å²) in [5, 5.41) is 8.06. The van der Waals surface area contributed by atoms with Gasteiger partial charge in [0.15, 0.2) is 5.65 Å². The minimum atomic E-state index is -4.32. The van der Waals surface area contributed by atoms with E-state index >= 15 is 0 Å². The molecule has 0 unspecified atom stereocenters. The number of benzene rings is 1. The molecule has 9 heteroatoms. The Hall–Kier alpha value is -2.35. The molecule has 1 N–H and O–H groups in total. The lowest BCUT2D eigenvalue weighted by molar-refractivity contribution is -0.137. The highest BCUT2D eigenvalue weighted by Crippen LogP contribution is 2.29. The molecule has 0 aliphatic rings. The zero-order chi connectivity index (χ0) is 17.3. The third-order valence-electron chi connectivity index (χ3n) is 3.55. The lowest BCUT2D eigenvalue weighted by atomic mass is 10.1. The molecule has 0 saturated carbocycles. The molecule has 126 valence electrons. The molecule has 0 bridgehead atoms. The Morgan fingerprint density at radius 2 is 1.88 bits per heavy atom. The van der Waals surface area contributed by atoms with E-state index in [9.17, 15) is 13.2 Å². The van der Waals surface area contributed by atoms with Crippen LogP contribution in [0.15, 0.2) is 30.5 Å². The van der Waals surface area contributed by atoms with Gasteiger partial charge in [-0.05, 0) is 35.7 Å². The minimum absolute atomic E-state index is 0.100. The van der Waals surface area contributed by atoms with Crippen LogP contribution in [0.4, 0.5) is 19.0 Å². The number of nitrogens with zero attached hydrogens (tertiary/aromatic N) is 4. The van der Waals surface area contributed by atoms with Crippen LogP contribution in [-0.2, 0) is 19.6 Å². The van der Waals surface area contributed by atoms with Gasteiger partial charge in [0.1, 0.15) is 5.82 Å². The Kier molecular flexibility index (Phi) is 4.31. The number of fused-ring (bicyclic) bond motifs is 1. The Balaban J connectivity index is 1.69. The molecule has 0 amide bonds. The summed E-state index contributed by atoms with van der Waals surface area (Å²) in [5.74, 6) is 0.546. The largest absolute Gasteiger partial charge is 0.416 e. The monoisotopic (exact) mass is 355 g/mol. The van der Waals surface area contributed by atoms with Gasteiger partial charge in [-0.15, -0.1) is 0 Å². The number of hydrogen-bond donors (Lipinski definition) is 1. The Labute approximate surface area is 140 Å². The molecule has 0 radical (unpaired) electrons. The zero-order valence-corrected chi connectivity index (χ0v) is 13.4. The first-order valence-corrected chi connectivity index (χ1v) is 7.47. The fourth-order valence-electron chi connectivity index (χ4n) is 2.32. The van der Waals surface area contributed by atoms with E-state index in [2.05, 4.69) is 20.4 Å². The average Bonchev–Trinajstić information content (AvgIpc) is 2.88. The first kappa shape index (κ1) is 16.5. The maximum absolute atomic E-state index is 12.5. The molecule has 0 fully saturated rings. The molecule has 0 atom stereocenters. The van der Waals surface area contributed by atoms with Gasteiger partial charge < -0.3 is 5.32 Å². The maximum atomic E-state index is 12.5. The van der Waals surface area contributed by atoms with E-state index in [0.29, 0.717) is 24.4 Å². The number of anilines is 1. The van der Waals surface area contributed by atoms with E-state index in [1.807, 2.05) is 0 Å². The number of alkyl halides is 3. The zero-order valence-electron chi connectivity index (χ0n) is 12.6. The van der Waals surface area contributed by atoms with Crippen LogP contribution in [0.2, 0.25) is 5.28 Å². The normalized spacial score (nSPS) is 11.9. The second-order valence-electron chi connectivity index (χ2n) is 5.22. The van der Waals surface area contributed by atoms with Gasteiger partial charge in [0, 0.05) is 13.6 Å². The molecule has 1 aromatic carbocycles. The van der Waals surface area contributed by atoms with Gasteiger partial charge >= 0.3 is 6.18 Å². The van der Waals surface area contributed by atoms with Crippen LogP contribution >= 0.6 is 11.6 Å². The van der Waals surface area contributed by atoms with Crippen LogP contribution in [0.1, 0.15) is 11.1 Å². The standard InChI is InChI=1S/C15H13ClF3N5/c1-24-13-11(8-21-24)12(22-14(16)23-13)20-7-6-9-2-4-10(5-3-9)15(17,18)19/h2-5,8H,6-7H2,1H3,(H,20,22,23). The van der Waals surface area contributed by atoms with Crippen LogP contribution < -0.4 is 5.32 Å². The van der Waals surface area contributed by atoms with Gasteiger partial charge in [-0.3, -0.25) is 4.68 Å². The summed E-state index contributed by atoms with van der Waals surface area (Å²) >= 11 is 5.90. The highest BCUT2D eigenvalue weighted by molar-refractivity contribution is 6.28. The molecule has 5 nitrogen and oxygen atoms in total. The average molecular weight is 356 g/mol. The second kappa shape index (κ2) is 6.27. The smallest absolute Gasteiger partial charge is 0.369 e. The van der Waals surface area contributed by atoms with Crippen molar-refractivity contribution in [3.05, 3.63) is 46.9 Å². The number of rotatable bonds is 4. The van der Waals surface area contributed by atoms with Gasteiger partial charge in [0.05, 0.1) is 17.1 Å². The predicted molar refractivity (Wildman–Crippen MR) is 85.0 cm³/mol. The fourth-order valence-corrected chi connectivity index (χ4v) is 2.48. The topological polar surface area (TPSA) is 55.6 Å². The van der Waals surface area contributed by atoms with Crippen molar-refractivity contribution in [3.63, 3.8) is 0 Å². The van der Waals surface area contributed by atoms with Crippen molar-refractivity contribution in [3.8, 4) is 0 Å². The summed E-state index contributed by atoms with van der Waals surface area (Å²) in [4.78, 5) is 8.24. The Bertz CT molecular complexity index is 858. The summed E-state index contributed by atoms with van der Waals surface area (Å²) in [5.41, 5.74) is 0.740. The van der Waals surface area contributed by atoms with Crippen molar-refractivity contribution in [1.29, 1.82) is 0 Å². The number of hydrogen-bond acceptors (Lipinski definition) is 4. The van der Waals surface area contributed by atoms with Crippen LogP contribution in [0.3, 0.4) is 0 Å². The SMILES string of the molecule is Cn1ncc2c(NCCc3ccc(C(F)(F)F)cc3)nc(Cl)nc21. The Morgan fingerprint density at radius 3 is 2.54 bits per heavy atom. The highest BCUT2D eigenvalue weighted by atomic mass is 35.5. The third kappa shape index (κ3) is 3.43. The molecule has 2 aromatic heterocycles. The highest BCUT2D eigenvalue weighted by Gasteiger charge is 2.29. The van der Waals surface area contributed by atoms with Crippen LogP contribution in [-0.4, -0.2) is 26.3 Å². The summed E-state index contributed by atoms with van der Waals surface area (Å²) in [6.07, 6.45) is -2.14. The molecule has 2 heterocycles. The molecule has 0 aliphatic heterocycles. The van der Waals surface area contributed by atoms with Crippen molar-refractivity contribution in [2.75, 3.05) is 11.9 Å². The maximum Gasteiger partial charge on any atom is 0.416 e. The predicted octanol–water partition coefficient (Wildman–Crippen LogP) is 3.69. The van der Waals surface area contributed by atoms with Gasteiger partial charge in [0.25, 0.3) is 0 Å². The van der Waals surface area contributed by atoms with Gasteiger partial charge in [-0.1, -0.05) is 12.1 Å². The number of aromatic nitrogens is 4. The van der Waals surface area contributed by atoms with Gasteiger partial charge in [-0.25, -0.2) is 0 Å². The molecule has 3 rings (SSSR count). The lowest BCUT2D eigenvalue weighted by Gasteiger charge is -2.09. The van der Waals surface area contributed by atoms with Crippen molar-refractivity contribution in [2.45, 2.75) is 12.6 Å². The number of aryl methyl sites for hydroxylation is 1. The van der Waals surface area contributed by atoms with Gasteiger partial charge in [-0.2, -0.15) is 28.2 Å². The minimum Gasteiger partial charge on any atom is -0.369 e. The van der Waals surface area contributed by atoms with E-state index in [-0.39, 0.29) is 5.28 Å². The van der Waals surface area contributed by atoms with E-state index in [1.165, 1.54) is 12.1 Å². The van der Waals surface area contributed by atoms with Crippen molar-refractivity contribution >= 4 is 28.5 Å². The van der Waals surface area contributed by atoms with Crippen molar-refractivity contribution in [2.24, 2.45) is 7.05 Å².